The van der Waals surface area contributed by atoms with Crippen molar-refractivity contribution in [3.8, 4) is 12.3 Å². The summed E-state index contributed by atoms with van der Waals surface area (Å²) in [5.41, 5.74) is -0.553. The largest absolute Gasteiger partial charge is 0.458 e. The van der Waals surface area contributed by atoms with Crippen LogP contribution in [-0.4, -0.2) is 38.9 Å². The van der Waals surface area contributed by atoms with Crippen molar-refractivity contribution in [3.63, 3.8) is 0 Å². The normalized spacial score (nSPS) is 19.5. The van der Waals surface area contributed by atoms with Crippen LogP contribution in [0.1, 0.15) is 38.9 Å². The molecule has 0 spiro atoms. The van der Waals surface area contributed by atoms with Gasteiger partial charge in [-0.25, -0.2) is 14.0 Å². The number of carbonyl (C=O) groups is 2. The molecule has 5 rings (SSSR count). The topological polar surface area (TPSA) is 99.5 Å². The van der Waals surface area contributed by atoms with Crippen LogP contribution in [0.3, 0.4) is 0 Å². The summed E-state index contributed by atoms with van der Waals surface area (Å²) in [5, 5.41) is 1.86. The zero-order valence-corrected chi connectivity index (χ0v) is 23.3. The number of rotatable bonds is 8. The molecule has 212 valence electrons. The Bertz CT molecular complexity index is 1690. The monoisotopic (exact) mass is 583 g/mol. The number of halogens is 1. The number of nitrogens with zero attached hydrogens (tertiary/aromatic N) is 2. The van der Waals surface area contributed by atoms with Crippen molar-refractivity contribution in [1.29, 1.82) is 0 Å². The third kappa shape index (κ3) is 6.43. The molecular weight excluding hydrogens is 557 g/mol. The van der Waals surface area contributed by atoms with Gasteiger partial charge in [-0.05, 0) is 43.3 Å². The molecule has 3 atom stereocenters. The zero-order valence-electron chi connectivity index (χ0n) is 22.5. The SMILES string of the molecule is C#C[C@]1(COC(=O)c2ccccc2)C[C@H](Sc2ccc(C)cc2)[C@@H](n2cc(F)c(NC(=O)c3ccccc3)nc2=O)O1. The van der Waals surface area contributed by atoms with E-state index in [1.807, 2.05) is 31.2 Å². The molecule has 1 aliphatic heterocycles. The maximum absolute atomic E-state index is 15.3. The first-order chi connectivity index (χ1) is 20.3. The number of anilines is 1. The molecule has 0 radical (unpaired) electrons. The standard InChI is InChI=1S/C32H26FN3O5S/c1-3-32(20-40-30(38)23-12-8-5-9-13-23)18-26(42-24-16-14-21(2)15-17-24)29(41-32)36-19-25(33)27(35-31(36)39)34-28(37)22-10-6-4-7-11-22/h1,4-17,19,26,29H,18,20H2,2H3,(H,34,35,37,39)/t26-,29-,32+/m0/s1. The first kappa shape index (κ1) is 28.8. The summed E-state index contributed by atoms with van der Waals surface area (Å²) in [6.45, 7) is 1.68. The van der Waals surface area contributed by atoms with Gasteiger partial charge in [-0.2, -0.15) is 4.98 Å². The van der Waals surface area contributed by atoms with E-state index < -0.39 is 46.3 Å². The van der Waals surface area contributed by atoms with Crippen molar-refractivity contribution < 1.29 is 23.5 Å². The Hall–Kier alpha value is -4.72. The van der Waals surface area contributed by atoms with E-state index >= 15 is 4.39 Å². The molecule has 1 saturated heterocycles. The zero-order chi connectivity index (χ0) is 29.7. The lowest BCUT2D eigenvalue weighted by Crippen LogP contribution is -2.36. The highest BCUT2D eigenvalue weighted by Gasteiger charge is 2.48. The van der Waals surface area contributed by atoms with Crippen LogP contribution >= 0.6 is 11.8 Å². The summed E-state index contributed by atoms with van der Waals surface area (Å²) < 4.78 is 28.0. The van der Waals surface area contributed by atoms with E-state index in [4.69, 9.17) is 15.9 Å². The van der Waals surface area contributed by atoms with Gasteiger partial charge in [0.15, 0.2) is 23.5 Å². The van der Waals surface area contributed by atoms with Crippen LogP contribution in [0.25, 0.3) is 0 Å². The van der Waals surface area contributed by atoms with Gasteiger partial charge < -0.3 is 14.8 Å². The number of nitrogens with one attached hydrogen (secondary N) is 1. The molecule has 1 fully saturated rings. The highest BCUT2D eigenvalue weighted by molar-refractivity contribution is 8.00. The molecule has 1 aliphatic rings. The van der Waals surface area contributed by atoms with Crippen LogP contribution in [0.5, 0.6) is 0 Å². The van der Waals surface area contributed by atoms with E-state index in [0.717, 1.165) is 21.2 Å². The van der Waals surface area contributed by atoms with Crippen molar-refractivity contribution in [2.24, 2.45) is 0 Å². The fourth-order valence-electron chi connectivity index (χ4n) is 4.46. The molecule has 10 heteroatoms. The van der Waals surface area contributed by atoms with Gasteiger partial charge in [0.05, 0.1) is 17.0 Å². The number of hydrogen-bond donors (Lipinski definition) is 1. The van der Waals surface area contributed by atoms with Crippen molar-refractivity contribution in [2.75, 3.05) is 11.9 Å². The fourth-order valence-corrected chi connectivity index (χ4v) is 5.76. The van der Waals surface area contributed by atoms with E-state index in [2.05, 4.69) is 16.2 Å². The van der Waals surface area contributed by atoms with Crippen LogP contribution in [0, 0.1) is 25.1 Å². The van der Waals surface area contributed by atoms with Gasteiger partial charge in [-0.15, -0.1) is 18.2 Å². The van der Waals surface area contributed by atoms with Crippen LogP contribution in [-0.2, 0) is 9.47 Å². The van der Waals surface area contributed by atoms with E-state index in [9.17, 15) is 14.4 Å². The molecular formula is C32H26FN3O5S. The number of hydrogen-bond acceptors (Lipinski definition) is 7. The number of amides is 1. The van der Waals surface area contributed by atoms with Crippen molar-refractivity contribution in [1.82, 2.24) is 9.55 Å². The summed E-state index contributed by atoms with van der Waals surface area (Å²) in [7, 11) is 0. The van der Waals surface area contributed by atoms with Crippen LogP contribution in [0.15, 0.2) is 101 Å². The number of terminal acetylenes is 1. The molecule has 0 aliphatic carbocycles. The first-order valence-corrected chi connectivity index (χ1v) is 13.9. The first-order valence-electron chi connectivity index (χ1n) is 13.0. The lowest BCUT2D eigenvalue weighted by molar-refractivity contribution is -0.0701. The maximum atomic E-state index is 15.3. The third-order valence-corrected chi connectivity index (χ3v) is 7.91. The summed E-state index contributed by atoms with van der Waals surface area (Å²) in [5.74, 6) is -0.0394. The van der Waals surface area contributed by atoms with Crippen LogP contribution in [0.4, 0.5) is 10.2 Å². The minimum atomic E-state index is -1.40. The predicted molar refractivity (Wildman–Crippen MR) is 157 cm³/mol. The van der Waals surface area contributed by atoms with Gasteiger partial charge >= 0.3 is 11.7 Å². The number of thioether (sulfide) groups is 1. The van der Waals surface area contributed by atoms with E-state index in [1.54, 1.807) is 60.7 Å². The molecule has 1 aromatic heterocycles. The highest BCUT2D eigenvalue weighted by atomic mass is 32.2. The fraction of sp³-hybridized carbons (Fsp3) is 0.188. The van der Waals surface area contributed by atoms with Crippen molar-refractivity contribution in [2.45, 2.75) is 35.3 Å². The minimum absolute atomic E-state index is 0.190. The molecule has 0 saturated carbocycles. The minimum Gasteiger partial charge on any atom is -0.458 e. The second-order valence-electron chi connectivity index (χ2n) is 9.71. The Labute approximate surface area is 245 Å². The number of aryl methyl sites for hydroxylation is 1. The summed E-state index contributed by atoms with van der Waals surface area (Å²) in [6.07, 6.45) is 5.98. The Morgan fingerprint density at radius 3 is 2.38 bits per heavy atom. The van der Waals surface area contributed by atoms with Gasteiger partial charge in [0.25, 0.3) is 5.91 Å². The molecule has 2 heterocycles. The van der Waals surface area contributed by atoms with Gasteiger partial charge in [-0.1, -0.05) is 60.0 Å². The summed E-state index contributed by atoms with van der Waals surface area (Å²) in [4.78, 5) is 43.0. The summed E-state index contributed by atoms with van der Waals surface area (Å²) in [6, 6.07) is 24.3. The van der Waals surface area contributed by atoms with E-state index in [1.165, 1.54) is 11.8 Å². The van der Waals surface area contributed by atoms with Gasteiger partial charge in [0.2, 0.25) is 0 Å². The van der Waals surface area contributed by atoms with Crippen molar-refractivity contribution in [3.05, 3.63) is 124 Å². The Morgan fingerprint density at radius 2 is 1.74 bits per heavy atom. The van der Waals surface area contributed by atoms with E-state index in [0.29, 0.717) is 5.56 Å². The quantitative estimate of drug-likeness (QED) is 0.223. The Morgan fingerprint density at radius 1 is 1.10 bits per heavy atom. The number of esters is 1. The molecule has 4 aromatic rings. The molecule has 1 N–H and O–H groups in total. The van der Waals surface area contributed by atoms with Crippen LogP contribution < -0.4 is 11.0 Å². The lowest BCUT2D eigenvalue weighted by atomic mass is 10.0. The lowest BCUT2D eigenvalue weighted by Gasteiger charge is -2.24. The second-order valence-corrected chi connectivity index (χ2v) is 11.0. The molecule has 0 unspecified atom stereocenters. The number of benzene rings is 3. The van der Waals surface area contributed by atoms with Gasteiger partial charge in [-0.3, -0.25) is 9.36 Å². The molecule has 8 nitrogen and oxygen atoms in total. The molecule has 42 heavy (non-hydrogen) atoms. The predicted octanol–water partition coefficient (Wildman–Crippen LogP) is 5.25. The Kier molecular flexibility index (Phi) is 8.52. The second kappa shape index (κ2) is 12.4. The molecule has 0 bridgehead atoms. The van der Waals surface area contributed by atoms with Crippen LogP contribution in [0.2, 0.25) is 0 Å². The molecule has 3 aromatic carbocycles. The van der Waals surface area contributed by atoms with Crippen molar-refractivity contribution >= 4 is 29.5 Å². The number of carbonyl (C=O) groups excluding carboxylic acids is 2. The number of ether oxygens (including phenoxy) is 2. The highest BCUT2D eigenvalue weighted by Crippen LogP contribution is 2.45. The Balaban J connectivity index is 1.43. The van der Waals surface area contributed by atoms with Gasteiger partial charge in [0.1, 0.15) is 6.61 Å². The number of aromatic nitrogens is 2. The van der Waals surface area contributed by atoms with E-state index in [-0.39, 0.29) is 18.6 Å². The van der Waals surface area contributed by atoms with Gasteiger partial charge in [0, 0.05) is 16.9 Å². The average Bonchev–Trinajstić information content (AvgIpc) is 3.38. The third-order valence-electron chi connectivity index (χ3n) is 6.66. The average molecular weight is 584 g/mol. The smallest absolute Gasteiger partial charge is 0.351 e. The maximum Gasteiger partial charge on any atom is 0.351 e. The molecule has 1 amide bonds. The summed E-state index contributed by atoms with van der Waals surface area (Å²) >= 11 is 1.40.